The maximum atomic E-state index is 4.15. The molecule has 2 rings (SSSR count). The Morgan fingerprint density at radius 3 is 3.15 bits per heavy atom. The van der Waals surface area contributed by atoms with E-state index in [1.54, 1.807) is 0 Å². The van der Waals surface area contributed by atoms with Crippen LogP contribution in [0.15, 0.2) is 24.5 Å². The van der Waals surface area contributed by atoms with Crippen molar-refractivity contribution in [1.82, 2.24) is 9.88 Å². The molecule has 2 heterocycles. The standard InChI is InChI=1S/C11H15N2/c1-13-8-3-2-6-11(13)10-5-4-7-12-9-10/h2,4-5,7,9,11H,3,6,8H2,1H3. The van der Waals surface area contributed by atoms with Crippen LogP contribution in [-0.2, 0) is 0 Å². The van der Waals surface area contributed by atoms with Crippen LogP contribution in [0.2, 0.25) is 0 Å². The molecule has 1 radical (unpaired) electrons. The van der Waals surface area contributed by atoms with E-state index in [1.165, 1.54) is 18.5 Å². The Balaban J connectivity index is 2.15. The molecule has 0 bridgehead atoms. The molecule has 0 saturated carbocycles. The topological polar surface area (TPSA) is 16.1 Å². The molecule has 69 valence electrons. The minimum Gasteiger partial charge on any atom is -0.299 e. The predicted octanol–water partition coefficient (Wildman–Crippen LogP) is 2.05. The number of piperidine rings is 1. The second-order valence-electron chi connectivity index (χ2n) is 3.60. The molecular weight excluding hydrogens is 160 g/mol. The van der Waals surface area contributed by atoms with Crippen molar-refractivity contribution in [2.45, 2.75) is 18.9 Å². The summed E-state index contributed by atoms with van der Waals surface area (Å²) in [6.07, 6.45) is 8.55. The summed E-state index contributed by atoms with van der Waals surface area (Å²) in [5.74, 6) is 0. The Morgan fingerprint density at radius 1 is 1.54 bits per heavy atom. The molecule has 0 aliphatic carbocycles. The molecule has 0 N–H and O–H groups in total. The second-order valence-corrected chi connectivity index (χ2v) is 3.60. The van der Waals surface area contributed by atoms with Gasteiger partial charge in [0.15, 0.2) is 0 Å². The van der Waals surface area contributed by atoms with E-state index in [4.69, 9.17) is 0 Å². The average molecular weight is 175 g/mol. The third-order valence-corrected chi connectivity index (χ3v) is 2.68. The van der Waals surface area contributed by atoms with Crippen molar-refractivity contribution in [2.75, 3.05) is 13.6 Å². The van der Waals surface area contributed by atoms with E-state index >= 15 is 0 Å². The molecule has 13 heavy (non-hydrogen) atoms. The van der Waals surface area contributed by atoms with Gasteiger partial charge in [0, 0.05) is 18.4 Å². The van der Waals surface area contributed by atoms with Crippen molar-refractivity contribution < 1.29 is 0 Å². The van der Waals surface area contributed by atoms with Crippen LogP contribution in [-0.4, -0.2) is 23.5 Å². The predicted molar refractivity (Wildman–Crippen MR) is 53.1 cm³/mol. The van der Waals surface area contributed by atoms with Gasteiger partial charge in [-0.05, 0) is 44.5 Å². The maximum absolute atomic E-state index is 4.15. The van der Waals surface area contributed by atoms with Gasteiger partial charge >= 0.3 is 0 Å². The SMILES string of the molecule is CN1CC[CH]CC1c1cccnc1. The summed E-state index contributed by atoms with van der Waals surface area (Å²) in [4.78, 5) is 6.55. The van der Waals surface area contributed by atoms with Crippen LogP contribution in [0.3, 0.4) is 0 Å². The molecule has 1 atom stereocenters. The highest BCUT2D eigenvalue weighted by Crippen LogP contribution is 2.27. The lowest BCUT2D eigenvalue weighted by atomic mass is 9.97. The van der Waals surface area contributed by atoms with Gasteiger partial charge in [0.2, 0.25) is 0 Å². The van der Waals surface area contributed by atoms with Gasteiger partial charge in [-0.15, -0.1) is 0 Å². The van der Waals surface area contributed by atoms with Crippen LogP contribution in [0, 0.1) is 6.42 Å². The van der Waals surface area contributed by atoms with Gasteiger partial charge in [-0.2, -0.15) is 0 Å². The molecule has 1 aliphatic rings. The van der Waals surface area contributed by atoms with Crippen molar-refractivity contribution in [3.05, 3.63) is 36.5 Å². The highest BCUT2D eigenvalue weighted by Gasteiger charge is 2.20. The van der Waals surface area contributed by atoms with Gasteiger partial charge in [0.25, 0.3) is 0 Å². The first-order valence-electron chi connectivity index (χ1n) is 4.80. The van der Waals surface area contributed by atoms with Crippen LogP contribution in [0.4, 0.5) is 0 Å². The summed E-state index contributed by atoms with van der Waals surface area (Å²) in [6, 6.07) is 4.72. The Bertz CT molecular complexity index is 258. The Morgan fingerprint density at radius 2 is 2.46 bits per heavy atom. The molecule has 1 fully saturated rings. The molecule has 1 aromatic rings. The number of nitrogens with zero attached hydrogens (tertiary/aromatic N) is 2. The quantitative estimate of drug-likeness (QED) is 0.649. The van der Waals surface area contributed by atoms with Gasteiger partial charge in [0.05, 0.1) is 0 Å². The van der Waals surface area contributed by atoms with Crippen molar-refractivity contribution in [3.8, 4) is 0 Å². The monoisotopic (exact) mass is 175 g/mol. The zero-order chi connectivity index (χ0) is 9.10. The van der Waals surface area contributed by atoms with Crippen molar-refractivity contribution >= 4 is 0 Å². The van der Waals surface area contributed by atoms with Gasteiger partial charge in [0.1, 0.15) is 0 Å². The first-order chi connectivity index (χ1) is 6.38. The zero-order valence-electron chi connectivity index (χ0n) is 7.98. The number of hydrogen-bond donors (Lipinski definition) is 0. The highest BCUT2D eigenvalue weighted by molar-refractivity contribution is 5.15. The molecule has 1 aromatic heterocycles. The van der Waals surface area contributed by atoms with Gasteiger partial charge in [-0.1, -0.05) is 6.07 Å². The number of hydrogen-bond acceptors (Lipinski definition) is 2. The van der Waals surface area contributed by atoms with E-state index in [0.717, 1.165) is 6.42 Å². The summed E-state index contributed by atoms with van der Waals surface area (Å²) in [6.45, 7) is 1.17. The zero-order valence-corrected chi connectivity index (χ0v) is 7.98. The van der Waals surface area contributed by atoms with Crippen LogP contribution < -0.4 is 0 Å². The molecule has 0 spiro atoms. The molecule has 1 aliphatic heterocycles. The molecule has 1 saturated heterocycles. The maximum Gasteiger partial charge on any atom is 0.0363 e. The Labute approximate surface area is 79.6 Å². The first kappa shape index (κ1) is 8.70. The fourth-order valence-corrected chi connectivity index (χ4v) is 1.87. The molecular formula is C11H15N2. The number of pyridine rings is 1. The highest BCUT2D eigenvalue weighted by atomic mass is 15.1. The van der Waals surface area contributed by atoms with Gasteiger partial charge in [-0.3, -0.25) is 9.88 Å². The third kappa shape index (κ3) is 1.89. The second kappa shape index (κ2) is 3.88. The van der Waals surface area contributed by atoms with Gasteiger partial charge < -0.3 is 0 Å². The first-order valence-corrected chi connectivity index (χ1v) is 4.80. The summed E-state index contributed by atoms with van der Waals surface area (Å²) in [5, 5.41) is 0. The summed E-state index contributed by atoms with van der Waals surface area (Å²) in [7, 11) is 2.19. The minimum atomic E-state index is 0.544. The van der Waals surface area contributed by atoms with E-state index in [1.807, 2.05) is 18.5 Å². The Hall–Kier alpha value is -0.890. The molecule has 0 aromatic carbocycles. The molecule has 2 nitrogen and oxygen atoms in total. The number of likely N-dealkylation sites (tertiary alicyclic amines) is 1. The fourth-order valence-electron chi connectivity index (χ4n) is 1.87. The van der Waals surface area contributed by atoms with Crippen LogP contribution in [0.5, 0.6) is 0 Å². The largest absolute Gasteiger partial charge is 0.299 e. The van der Waals surface area contributed by atoms with E-state index in [9.17, 15) is 0 Å². The van der Waals surface area contributed by atoms with Crippen LogP contribution >= 0.6 is 0 Å². The minimum absolute atomic E-state index is 0.544. The lowest BCUT2D eigenvalue weighted by Gasteiger charge is -2.32. The van der Waals surface area contributed by atoms with E-state index in [2.05, 4.69) is 29.4 Å². The average Bonchev–Trinajstić information content (AvgIpc) is 2.20. The Kier molecular flexibility index (Phi) is 2.60. The van der Waals surface area contributed by atoms with Crippen LogP contribution in [0.25, 0.3) is 0 Å². The summed E-state index contributed by atoms with van der Waals surface area (Å²) < 4.78 is 0. The number of rotatable bonds is 1. The summed E-state index contributed by atoms with van der Waals surface area (Å²) in [5.41, 5.74) is 1.33. The lowest BCUT2D eigenvalue weighted by molar-refractivity contribution is 0.215. The van der Waals surface area contributed by atoms with Crippen molar-refractivity contribution in [1.29, 1.82) is 0 Å². The fraction of sp³-hybridized carbons (Fsp3) is 0.455. The third-order valence-electron chi connectivity index (χ3n) is 2.68. The van der Waals surface area contributed by atoms with E-state index in [-0.39, 0.29) is 0 Å². The van der Waals surface area contributed by atoms with Gasteiger partial charge in [-0.25, -0.2) is 0 Å². The number of aromatic nitrogens is 1. The van der Waals surface area contributed by atoms with Crippen LogP contribution in [0.1, 0.15) is 24.4 Å². The smallest absolute Gasteiger partial charge is 0.0363 e. The normalized spacial score (nSPS) is 24.5. The van der Waals surface area contributed by atoms with E-state index in [0.29, 0.717) is 6.04 Å². The summed E-state index contributed by atoms with van der Waals surface area (Å²) >= 11 is 0. The molecule has 0 amide bonds. The lowest BCUT2D eigenvalue weighted by Crippen LogP contribution is -2.29. The van der Waals surface area contributed by atoms with Crippen molar-refractivity contribution in [3.63, 3.8) is 0 Å². The van der Waals surface area contributed by atoms with E-state index < -0.39 is 0 Å². The van der Waals surface area contributed by atoms with Crippen molar-refractivity contribution in [2.24, 2.45) is 0 Å². The molecule has 1 unspecified atom stereocenters. The molecule has 2 heteroatoms.